The van der Waals surface area contributed by atoms with Crippen LogP contribution in [0.25, 0.3) is 0 Å². The molecule has 0 amide bonds. The van der Waals surface area contributed by atoms with Gasteiger partial charge in [0.15, 0.2) is 0 Å². The van der Waals surface area contributed by atoms with Gasteiger partial charge in [0.05, 0.1) is 6.07 Å². The van der Waals surface area contributed by atoms with Gasteiger partial charge in [0, 0.05) is 25.0 Å². The van der Waals surface area contributed by atoms with E-state index < -0.39 is 6.10 Å². The van der Waals surface area contributed by atoms with Gasteiger partial charge in [0.2, 0.25) is 0 Å². The number of rotatable bonds is 8. The van der Waals surface area contributed by atoms with Crippen molar-refractivity contribution < 1.29 is 9.84 Å². The van der Waals surface area contributed by atoms with Crippen LogP contribution in [0.4, 0.5) is 0 Å². The average molecular weight is 386 g/mol. The summed E-state index contributed by atoms with van der Waals surface area (Å²) in [5.74, 6) is 1.04. The number of ether oxygens (including phenoxy) is 1. The van der Waals surface area contributed by atoms with E-state index in [1.165, 1.54) is 37.7 Å². The molecule has 3 rings (SSSR count). The zero-order chi connectivity index (χ0) is 19.8. The second-order valence-electron chi connectivity index (χ2n) is 8.52. The number of nitrogens with zero attached hydrogens (tertiary/aromatic N) is 3. The van der Waals surface area contributed by atoms with Crippen LogP contribution in [0.5, 0.6) is 5.75 Å². The quantitative estimate of drug-likeness (QED) is 0.743. The Morgan fingerprint density at radius 3 is 2.68 bits per heavy atom. The fourth-order valence-electron chi connectivity index (χ4n) is 4.46. The largest absolute Gasteiger partial charge is 0.491 e. The van der Waals surface area contributed by atoms with E-state index in [-0.39, 0.29) is 5.92 Å². The number of likely N-dealkylation sites (N-methyl/N-ethyl adjacent to an activating group) is 1. The highest BCUT2D eigenvalue weighted by Crippen LogP contribution is 2.22. The standard InChI is InChI=1S/C23H35N3O2/c1-25(21-7-3-2-4-8-21)17-22(27)18-28-23-9-5-6-20(14-23)16-26-12-10-19(15-24)11-13-26/h5-6,9,14,19,21-22,27H,2-4,7-8,10-13,16-18H2,1H3/t22-/m1/s1. The summed E-state index contributed by atoms with van der Waals surface area (Å²) in [5.41, 5.74) is 1.22. The molecule has 1 N–H and O–H groups in total. The normalized spacial score (nSPS) is 20.8. The molecule has 1 aromatic carbocycles. The third-order valence-corrected chi connectivity index (χ3v) is 6.21. The molecule has 154 valence electrons. The molecular formula is C23H35N3O2. The minimum atomic E-state index is -0.472. The van der Waals surface area contributed by atoms with Crippen LogP contribution in [-0.4, -0.2) is 60.3 Å². The van der Waals surface area contributed by atoms with Crippen molar-refractivity contribution >= 4 is 0 Å². The van der Waals surface area contributed by atoms with Crippen LogP contribution >= 0.6 is 0 Å². The maximum Gasteiger partial charge on any atom is 0.119 e. The predicted octanol–water partition coefficient (Wildman–Crippen LogP) is 3.43. The molecule has 2 aliphatic rings. The zero-order valence-electron chi connectivity index (χ0n) is 17.2. The maximum absolute atomic E-state index is 10.4. The van der Waals surface area contributed by atoms with Crippen molar-refractivity contribution in [3.63, 3.8) is 0 Å². The monoisotopic (exact) mass is 385 g/mol. The van der Waals surface area contributed by atoms with Crippen molar-refractivity contribution in [2.75, 3.05) is 33.3 Å². The SMILES string of the molecule is CN(C[C@@H](O)COc1cccc(CN2CCC(C#N)CC2)c1)C1CCCCC1. The summed E-state index contributed by atoms with van der Waals surface area (Å²) < 4.78 is 5.88. The van der Waals surface area contributed by atoms with Crippen LogP contribution in [0.2, 0.25) is 0 Å². The number of piperidine rings is 1. The number of nitriles is 1. The highest BCUT2D eigenvalue weighted by atomic mass is 16.5. The Bertz CT molecular complexity index is 631. The van der Waals surface area contributed by atoms with Crippen molar-refractivity contribution in [2.24, 2.45) is 5.92 Å². The summed E-state index contributed by atoms with van der Waals surface area (Å²) in [6.45, 7) is 3.85. The van der Waals surface area contributed by atoms with E-state index in [1.807, 2.05) is 12.1 Å². The molecule has 1 aliphatic carbocycles. The van der Waals surface area contributed by atoms with Crippen molar-refractivity contribution in [3.8, 4) is 11.8 Å². The van der Waals surface area contributed by atoms with Gasteiger partial charge in [-0.05, 0) is 63.5 Å². The van der Waals surface area contributed by atoms with Crippen LogP contribution in [0.1, 0.15) is 50.5 Å². The topological polar surface area (TPSA) is 59.7 Å². The zero-order valence-corrected chi connectivity index (χ0v) is 17.2. The van der Waals surface area contributed by atoms with Gasteiger partial charge < -0.3 is 14.7 Å². The van der Waals surface area contributed by atoms with Crippen LogP contribution in [0.3, 0.4) is 0 Å². The lowest BCUT2D eigenvalue weighted by molar-refractivity contribution is 0.0561. The van der Waals surface area contributed by atoms with Gasteiger partial charge in [-0.2, -0.15) is 5.26 Å². The van der Waals surface area contributed by atoms with Gasteiger partial charge in [-0.3, -0.25) is 4.90 Å². The molecule has 0 aromatic heterocycles. The predicted molar refractivity (Wildman–Crippen MR) is 111 cm³/mol. The van der Waals surface area contributed by atoms with Crippen LogP contribution in [0.15, 0.2) is 24.3 Å². The first kappa shape index (κ1) is 21.1. The Kier molecular flexibility index (Phi) is 8.14. The van der Waals surface area contributed by atoms with Gasteiger partial charge in [-0.15, -0.1) is 0 Å². The van der Waals surface area contributed by atoms with Crippen LogP contribution in [-0.2, 0) is 6.54 Å². The van der Waals surface area contributed by atoms with Gasteiger partial charge in [0.1, 0.15) is 18.5 Å². The summed E-state index contributed by atoms with van der Waals surface area (Å²) in [6.07, 6.45) is 7.92. The minimum absolute atomic E-state index is 0.221. The molecule has 1 aromatic rings. The van der Waals surface area contributed by atoms with E-state index in [4.69, 9.17) is 10.00 Å². The number of hydrogen-bond acceptors (Lipinski definition) is 5. The molecule has 0 unspecified atom stereocenters. The molecular weight excluding hydrogens is 350 g/mol. The van der Waals surface area contributed by atoms with Crippen molar-refractivity contribution in [2.45, 2.75) is 63.6 Å². The number of likely N-dealkylation sites (tertiary alicyclic amines) is 1. The molecule has 1 saturated heterocycles. The second-order valence-corrected chi connectivity index (χ2v) is 8.52. The average Bonchev–Trinajstić information content (AvgIpc) is 2.74. The molecule has 2 fully saturated rings. The molecule has 28 heavy (non-hydrogen) atoms. The Hall–Kier alpha value is -1.61. The Morgan fingerprint density at radius 1 is 1.21 bits per heavy atom. The fraction of sp³-hybridized carbons (Fsp3) is 0.696. The number of benzene rings is 1. The molecule has 0 spiro atoms. The number of hydrogen-bond donors (Lipinski definition) is 1. The lowest BCUT2D eigenvalue weighted by Gasteiger charge is -2.32. The van der Waals surface area contributed by atoms with Crippen LogP contribution in [0, 0.1) is 17.2 Å². The van der Waals surface area contributed by atoms with E-state index in [0.29, 0.717) is 19.2 Å². The van der Waals surface area contributed by atoms with Crippen molar-refractivity contribution in [1.29, 1.82) is 5.26 Å². The Balaban J connectivity index is 1.42. The third kappa shape index (κ3) is 6.48. The van der Waals surface area contributed by atoms with E-state index in [9.17, 15) is 5.11 Å². The summed E-state index contributed by atoms with van der Waals surface area (Å²) in [7, 11) is 2.12. The van der Waals surface area contributed by atoms with Gasteiger partial charge in [-0.25, -0.2) is 0 Å². The third-order valence-electron chi connectivity index (χ3n) is 6.21. The first-order chi connectivity index (χ1) is 13.6. The highest BCUT2D eigenvalue weighted by Gasteiger charge is 2.21. The summed E-state index contributed by atoms with van der Waals surface area (Å²) in [6, 6.07) is 11.2. The molecule has 0 radical (unpaired) electrons. The van der Waals surface area contributed by atoms with Gasteiger partial charge >= 0.3 is 0 Å². The van der Waals surface area contributed by atoms with E-state index >= 15 is 0 Å². The minimum Gasteiger partial charge on any atom is -0.491 e. The van der Waals surface area contributed by atoms with E-state index in [0.717, 1.165) is 38.2 Å². The molecule has 5 heteroatoms. The highest BCUT2D eigenvalue weighted by molar-refractivity contribution is 5.28. The lowest BCUT2D eigenvalue weighted by atomic mass is 9.94. The summed E-state index contributed by atoms with van der Waals surface area (Å²) in [5, 5.41) is 19.4. The van der Waals surface area contributed by atoms with Crippen molar-refractivity contribution in [1.82, 2.24) is 9.80 Å². The lowest BCUT2D eigenvalue weighted by Crippen LogP contribution is -2.40. The maximum atomic E-state index is 10.4. The molecule has 1 aliphatic heterocycles. The van der Waals surface area contributed by atoms with Gasteiger partial charge in [0.25, 0.3) is 0 Å². The smallest absolute Gasteiger partial charge is 0.119 e. The van der Waals surface area contributed by atoms with Crippen LogP contribution < -0.4 is 4.74 Å². The van der Waals surface area contributed by atoms with E-state index in [1.54, 1.807) is 0 Å². The number of aliphatic hydroxyl groups is 1. The van der Waals surface area contributed by atoms with Gasteiger partial charge in [-0.1, -0.05) is 31.4 Å². The Labute approximate surface area is 169 Å². The molecule has 5 nitrogen and oxygen atoms in total. The summed E-state index contributed by atoms with van der Waals surface area (Å²) >= 11 is 0. The molecule has 0 bridgehead atoms. The molecule has 1 saturated carbocycles. The molecule has 1 atom stereocenters. The fourth-order valence-corrected chi connectivity index (χ4v) is 4.46. The first-order valence-corrected chi connectivity index (χ1v) is 10.9. The molecule has 1 heterocycles. The second kappa shape index (κ2) is 10.8. The first-order valence-electron chi connectivity index (χ1n) is 10.9. The van der Waals surface area contributed by atoms with E-state index in [2.05, 4.69) is 35.0 Å². The summed E-state index contributed by atoms with van der Waals surface area (Å²) in [4.78, 5) is 4.70. The number of aliphatic hydroxyl groups excluding tert-OH is 1. The van der Waals surface area contributed by atoms with Crippen molar-refractivity contribution in [3.05, 3.63) is 29.8 Å². The Morgan fingerprint density at radius 2 is 1.96 bits per heavy atom.